The highest BCUT2D eigenvalue weighted by molar-refractivity contribution is 7.89. The summed E-state index contributed by atoms with van der Waals surface area (Å²) in [7, 11) is -0.866. The summed E-state index contributed by atoms with van der Waals surface area (Å²) in [4.78, 5) is 50.1. The monoisotopic (exact) mass is 729 g/mol. The first-order valence-corrected chi connectivity index (χ1v) is 16.6. The van der Waals surface area contributed by atoms with Gasteiger partial charge in [0, 0.05) is 56.9 Å². The topological polar surface area (TPSA) is 154 Å². The van der Waals surface area contributed by atoms with Gasteiger partial charge < -0.3 is 20.3 Å². The van der Waals surface area contributed by atoms with Gasteiger partial charge in [-0.2, -0.15) is 13.2 Å². The maximum absolute atomic E-state index is 15.2. The van der Waals surface area contributed by atoms with Crippen LogP contribution in [-0.4, -0.2) is 72.1 Å². The fourth-order valence-corrected chi connectivity index (χ4v) is 5.75. The summed E-state index contributed by atoms with van der Waals surface area (Å²) in [6, 6.07) is 11.4. The highest BCUT2D eigenvalue weighted by atomic mass is 32.2. The highest BCUT2D eigenvalue weighted by Crippen LogP contribution is 2.33. The largest absolute Gasteiger partial charge is 0.454 e. The van der Waals surface area contributed by atoms with Gasteiger partial charge in [-0.25, -0.2) is 36.8 Å². The lowest BCUT2D eigenvalue weighted by Crippen LogP contribution is -2.61. The predicted octanol–water partition coefficient (Wildman–Crippen LogP) is 5.85. The average Bonchev–Trinajstić information content (AvgIpc) is 3.06. The van der Waals surface area contributed by atoms with Gasteiger partial charge in [-0.1, -0.05) is 0 Å². The number of urea groups is 1. The van der Waals surface area contributed by atoms with Crippen LogP contribution in [0.3, 0.4) is 0 Å². The SMILES string of the molecule is CC(C)N1CC(C(=O)Nc2ccc(Oc3ccnc(Nc4ccc(S(=O)(=O)N(C)C)cn4)c3)c(F)c2)C(=O)N(c2ccc(C(F)(F)F)cc2)C1=O. The van der Waals surface area contributed by atoms with Crippen molar-refractivity contribution in [3.8, 4) is 11.5 Å². The molecule has 51 heavy (non-hydrogen) atoms. The lowest BCUT2D eigenvalue weighted by atomic mass is 10.0. The minimum Gasteiger partial charge on any atom is -0.454 e. The number of amides is 4. The van der Waals surface area contributed by atoms with Gasteiger partial charge in [-0.3, -0.25) is 9.59 Å². The number of halogens is 4. The zero-order valence-corrected chi connectivity index (χ0v) is 28.3. The quantitative estimate of drug-likeness (QED) is 0.151. The number of aromatic nitrogens is 2. The number of hydrogen-bond donors (Lipinski definition) is 2. The van der Waals surface area contributed by atoms with Crippen LogP contribution in [0.4, 0.5) is 45.4 Å². The van der Waals surface area contributed by atoms with Crippen molar-refractivity contribution in [3.05, 3.63) is 90.5 Å². The van der Waals surface area contributed by atoms with E-state index >= 15 is 4.39 Å². The molecule has 1 aliphatic heterocycles. The van der Waals surface area contributed by atoms with Crippen LogP contribution in [0, 0.1) is 11.7 Å². The second kappa shape index (κ2) is 14.3. The predicted molar refractivity (Wildman–Crippen MR) is 177 cm³/mol. The van der Waals surface area contributed by atoms with Crippen molar-refractivity contribution in [2.75, 3.05) is 36.2 Å². The molecular formula is C33H31F4N7O6S. The van der Waals surface area contributed by atoms with Crippen LogP contribution in [0.5, 0.6) is 11.5 Å². The van der Waals surface area contributed by atoms with Crippen molar-refractivity contribution in [3.63, 3.8) is 0 Å². The average molecular weight is 730 g/mol. The Bertz CT molecular complexity index is 2060. The molecule has 4 amide bonds. The molecule has 2 N–H and O–H groups in total. The number of sulfonamides is 1. The van der Waals surface area contributed by atoms with Gasteiger partial charge in [0.25, 0.3) is 0 Å². The van der Waals surface area contributed by atoms with E-state index in [0.29, 0.717) is 4.90 Å². The summed E-state index contributed by atoms with van der Waals surface area (Å²) in [6.07, 6.45) is -2.06. The molecule has 1 fully saturated rings. The van der Waals surface area contributed by atoms with Crippen molar-refractivity contribution in [2.24, 2.45) is 5.92 Å². The second-order valence-electron chi connectivity index (χ2n) is 11.7. The third kappa shape index (κ3) is 8.07. The first-order chi connectivity index (χ1) is 23.9. The Morgan fingerprint density at radius 3 is 2.27 bits per heavy atom. The van der Waals surface area contributed by atoms with Crippen LogP contribution in [0.1, 0.15) is 19.4 Å². The molecule has 1 aliphatic rings. The minimum absolute atomic E-state index is 0.00342. The van der Waals surface area contributed by atoms with Gasteiger partial charge in [0.15, 0.2) is 11.6 Å². The molecule has 3 heterocycles. The molecule has 1 unspecified atom stereocenters. The fraction of sp³-hybridized carbons (Fsp3) is 0.242. The van der Waals surface area contributed by atoms with E-state index in [1.54, 1.807) is 13.8 Å². The Labute approximate surface area is 289 Å². The van der Waals surface area contributed by atoms with E-state index in [2.05, 4.69) is 20.6 Å². The number of nitrogens with one attached hydrogen (secondary N) is 2. The molecule has 0 bridgehead atoms. The highest BCUT2D eigenvalue weighted by Gasteiger charge is 2.44. The Kier molecular flexibility index (Phi) is 10.3. The van der Waals surface area contributed by atoms with Gasteiger partial charge in [0.1, 0.15) is 28.2 Å². The van der Waals surface area contributed by atoms with Gasteiger partial charge in [0.2, 0.25) is 21.8 Å². The third-order valence-electron chi connectivity index (χ3n) is 7.66. The molecule has 1 atom stereocenters. The number of anilines is 4. The maximum atomic E-state index is 15.2. The second-order valence-corrected chi connectivity index (χ2v) is 13.9. The summed E-state index contributed by atoms with van der Waals surface area (Å²) in [5, 5.41) is 5.37. The molecule has 5 rings (SSSR count). The zero-order valence-electron chi connectivity index (χ0n) is 27.5. The summed E-state index contributed by atoms with van der Waals surface area (Å²) in [6.45, 7) is 2.99. The Morgan fingerprint density at radius 2 is 1.69 bits per heavy atom. The molecule has 13 nitrogen and oxygen atoms in total. The summed E-state index contributed by atoms with van der Waals surface area (Å²) in [5.41, 5.74) is -1.16. The maximum Gasteiger partial charge on any atom is 0.416 e. The number of rotatable bonds is 10. The third-order valence-corrected chi connectivity index (χ3v) is 9.46. The lowest BCUT2D eigenvalue weighted by molar-refractivity contribution is -0.137. The van der Waals surface area contributed by atoms with Crippen molar-refractivity contribution in [1.82, 2.24) is 19.2 Å². The van der Waals surface area contributed by atoms with Crippen LogP contribution in [0.15, 0.2) is 84.0 Å². The van der Waals surface area contributed by atoms with E-state index in [4.69, 9.17) is 4.74 Å². The number of benzene rings is 2. The number of alkyl halides is 3. The van der Waals surface area contributed by atoms with Crippen molar-refractivity contribution < 1.29 is 45.1 Å². The minimum atomic E-state index is -4.64. The Hall–Kier alpha value is -5.62. The van der Waals surface area contributed by atoms with Gasteiger partial charge >= 0.3 is 12.2 Å². The van der Waals surface area contributed by atoms with E-state index in [9.17, 15) is 36.0 Å². The fourth-order valence-electron chi connectivity index (χ4n) is 4.90. The van der Waals surface area contributed by atoms with E-state index in [1.807, 2.05) is 0 Å². The van der Waals surface area contributed by atoms with Gasteiger partial charge in [0.05, 0.1) is 11.3 Å². The van der Waals surface area contributed by atoms with Gasteiger partial charge in [-0.15, -0.1) is 0 Å². The Morgan fingerprint density at radius 1 is 0.980 bits per heavy atom. The molecule has 18 heteroatoms. The number of imide groups is 1. The van der Waals surface area contributed by atoms with E-state index in [0.717, 1.165) is 34.6 Å². The van der Waals surface area contributed by atoms with E-state index in [1.165, 1.54) is 67.8 Å². The van der Waals surface area contributed by atoms with E-state index < -0.39 is 57.4 Å². The smallest absolute Gasteiger partial charge is 0.416 e. The molecule has 4 aromatic rings. The molecule has 0 aliphatic carbocycles. The number of carbonyl (C=O) groups excluding carboxylic acids is 3. The first-order valence-electron chi connectivity index (χ1n) is 15.2. The van der Waals surface area contributed by atoms with Crippen molar-refractivity contribution in [1.29, 1.82) is 0 Å². The van der Waals surface area contributed by atoms with E-state index in [-0.39, 0.29) is 45.9 Å². The molecular weight excluding hydrogens is 698 g/mol. The van der Waals surface area contributed by atoms with Crippen LogP contribution in [0.2, 0.25) is 0 Å². The molecule has 0 saturated carbocycles. The van der Waals surface area contributed by atoms with Crippen molar-refractivity contribution in [2.45, 2.75) is 31.0 Å². The first kappa shape index (κ1) is 36.7. The number of hydrogen-bond acceptors (Lipinski definition) is 9. The summed E-state index contributed by atoms with van der Waals surface area (Å²) < 4.78 is 85.8. The van der Waals surface area contributed by atoms with Crippen LogP contribution < -0.4 is 20.3 Å². The lowest BCUT2D eigenvalue weighted by Gasteiger charge is -2.40. The summed E-state index contributed by atoms with van der Waals surface area (Å²) >= 11 is 0. The number of carbonyl (C=O) groups is 3. The molecule has 2 aromatic carbocycles. The number of pyridine rings is 2. The normalized spacial score (nSPS) is 15.4. The van der Waals surface area contributed by atoms with Crippen LogP contribution >= 0.6 is 0 Å². The number of nitrogens with zero attached hydrogens (tertiary/aromatic N) is 5. The van der Waals surface area contributed by atoms with Crippen LogP contribution in [-0.2, 0) is 25.8 Å². The molecule has 0 radical (unpaired) electrons. The number of ether oxygens (including phenoxy) is 1. The molecule has 0 spiro atoms. The molecule has 268 valence electrons. The zero-order chi connectivity index (χ0) is 37.2. The van der Waals surface area contributed by atoms with Gasteiger partial charge in [-0.05, 0) is 68.4 Å². The molecule has 1 saturated heterocycles. The molecule has 2 aromatic heterocycles. The van der Waals surface area contributed by atoms with Crippen LogP contribution in [0.25, 0.3) is 0 Å². The standard InChI is InChI=1S/C33H31F4N7O6S/c1-19(2)43-18-25(31(46)44(32(43)47)22-8-5-20(6-9-22)33(35,36)37)30(45)40-21-7-11-27(26(34)15-21)50-23-13-14-38-29(16-23)41-28-12-10-24(17-39-28)51(48,49)42(3)4/h5-17,19,25H,18H2,1-4H3,(H,40,45)(H,38,39,41). The summed E-state index contributed by atoms with van der Waals surface area (Å²) in [5.74, 6) is -3.68. The Balaban J connectivity index is 1.27. The van der Waals surface area contributed by atoms with Crippen molar-refractivity contribution >= 4 is 50.9 Å².